The molecule has 0 fully saturated rings. The first kappa shape index (κ1) is 26.7. The Morgan fingerprint density at radius 2 is 1.84 bits per heavy atom. The van der Waals surface area contributed by atoms with Gasteiger partial charge in [0.05, 0.1) is 36.9 Å². The highest BCUT2D eigenvalue weighted by atomic mass is 35.5. The second-order valence-corrected chi connectivity index (χ2v) is 9.21. The molecule has 9 nitrogen and oxygen atoms in total. The van der Waals surface area contributed by atoms with Crippen LogP contribution in [-0.2, 0) is 17.6 Å². The van der Waals surface area contributed by atoms with Crippen molar-refractivity contribution in [1.29, 1.82) is 0 Å². The highest BCUT2D eigenvalue weighted by Gasteiger charge is 2.19. The predicted octanol–water partition coefficient (Wildman–Crippen LogP) is 4.47. The van der Waals surface area contributed by atoms with Crippen LogP contribution in [0.1, 0.15) is 34.3 Å². The van der Waals surface area contributed by atoms with E-state index in [4.69, 9.17) is 21.1 Å². The summed E-state index contributed by atoms with van der Waals surface area (Å²) in [6, 6.07) is 11.8. The van der Waals surface area contributed by atoms with Crippen molar-refractivity contribution in [3.8, 4) is 5.75 Å². The summed E-state index contributed by atoms with van der Waals surface area (Å²) >= 11 is 6.39. The summed E-state index contributed by atoms with van der Waals surface area (Å²) in [5.74, 6) is 1.25. The van der Waals surface area contributed by atoms with E-state index in [0.717, 1.165) is 43.7 Å². The van der Waals surface area contributed by atoms with Crippen molar-refractivity contribution in [2.45, 2.75) is 31.7 Å². The molecule has 0 aliphatic heterocycles. The van der Waals surface area contributed by atoms with Crippen LogP contribution < -0.4 is 26.0 Å². The molecule has 4 N–H and O–H groups in total. The van der Waals surface area contributed by atoms with Crippen LogP contribution in [0.3, 0.4) is 0 Å². The first-order chi connectivity index (χ1) is 18.0. The molecule has 10 heteroatoms. The van der Waals surface area contributed by atoms with Gasteiger partial charge in [-0.25, -0.2) is 4.98 Å². The van der Waals surface area contributed by atoms with Crippen LogP contribution in [0.25, 0.3) is 0 Å². The van der Waals surface area contributed by atoms with E-state index in [2.05, 4.69) is 43.4 Å². The molecule has 1 aromatic heterocycles. The quantitative estimate of drug-likeness (QED) is 0.227. The SMILES string of the molecule is CNC(=O)c1ccccc1Nc1nc(Nc2cc3c(cc2OC)CCC(NCCOC)CC3)ncc1Cl. The Bertz CT molecular complexity index is 1240. The Morgan fingerprint density at radius 1 is 1.08 bits per heavy atom. The molecule has 1 aliphatic carbocycles. The molecule has 4 rings (SSSR count). The number of benzene rings is 2. The zero-order chi connectivity index (χ0) is 26.2. The molecule has 1 atom stereocenters. The summed E-state index contributed by atoms with van der Waals surface area (Å²) in [4.78, 5) is 21.2. The van der Waals surface area contributed by atoms with Crippen molar-refractivity contribution < 1.29 is 14.3 Å². The highest BCUT2D eigenvalue weighted by Crippen LogP contribution is 2.34. The van der Waals surface area contributed by atoms with Gasteiger partial charge >= 0.3 is 0 Å². The lowest BCUT2D eigenvalue weighted by atomic mass is 10.0. The third-order valence-corrected chi connectivity index (χ3v) is 6.70. The summed E-state index contributed by atoms with van der Waals surface area (Å²) in [5.41, 5.74) is 4.43. The number of nitrogens with zero attached hydrogens (tertiary/aromatic N) is 2. The standard InChI is InChI=1S/C27H33ClN6O3/c1-29-26(35)20-6-4-5-7-22(20)32-25-21(28)16-31-27(34-25)33-23-14-17-8-10-19(30-12-13-36-2)11-9-18(17)15-24(23)37-3/h4-7,14-16,19,30H,8-13H2,1-3H3,(H,29,35)(H2,31,32,33,34). The number of carbonyl (C=O) groups excluding carboxylic acids is 1. The van der Waals surface area contributed by atoms with Gasteiger partial charge in [0.25, 0.3) is 5.91 Å². The fourth-order valence-electron chi connectivity index (χ4n) is 4.46. The number of amides is 1. The molecule has 1 unspecified atom stereocenters. The molecule has 0 bridgehead atoms. The Hall–Kier alpha value is -3.40. The first-order valence-corrected chi connectivity index (χ1v) is 12.7. The number of carbonyl (C=O) groups is 1. The smallest absolute Gasteiger partial charge is 0.253 e. The van der Waals surface area contributed by atoms with E-state index in [0.29, 0.717) is 40.7 Å². The second kappa shape index (κ2) is 12.7. The molecular weight excluding hydrogens is 492 g/mol. The average molecular weight is 525 g/mol. The maximum absolute atomic E-state index is 12.3. The van der Waals surface area contributed by atoms with Gasteiger partial charge in [-0.2, -0.15) is 4.98 Å². The molecule has 196 valence electrons. The number of fused-ring (bicyclic) bond motifs is 1. The van der Waals surface area contributed by atoms with Crippen molar-refractivity contribution in [3.05, 3.63) is 64.3 Å². The van der Waals surface area contributed by atoms with E-state index < -0.39 is 0 Å². The van der Waals surface area contributed by atoms with Crippen molar-refractivity contribution in [2.24, 2.45) is 0 Å². The lowest BCUT2D eigenvalue weighted by Crippen LogP contribution is -2.32. The molecule has 2 aromatic carbocycles. The number of hydrogen-bond acceptors (Lipinski definition) is 8. The minimum Gasteiger partial charge on any atom is -0.495 e. The van der Waals surface area contributed by atoms with Crippen LogP contribution in [0.5, 0.6) is 5.75 Å². The van der Waals surface area contributed by atoms with E-state index in [1.54, 1.807) is 39.5 Å². The Morgan fingerprint density at radius 3 is 2.57 bits per heavy atom. The molecule has 0 saturated heterocycles. The zero-order valence-corrected chi connectivity index (χ0v) is 22.1. The van der Waals surface area contributed by atoms with Crippen molar-refractivity contribution >= 4 is 40.6 Å². The number of nitrogens with one attached hydrogen (secondary N) is 4. The number of methoxy groups -OCH3 is 2. The predicted molar refractivity (Wildman–Crippen MR) is 147 cm³/mol. The van der Waals surface area contributed by atoms with E-state index >= 15 is 0 Å². The largest absolute Gasteiger partial charge is 0.495 e. The molecule has 1 aliphatic rings. The minimum atomic E-state index is -0.211. The van der Waals surface area contributed by atoms with Crippen molar-refractivity contribution in [1.82, 2.24) is 20.6 Å². The Kier molecular flexibility index (Phi) is 9.16. The highest BCUT2D eigenvalue weighted by molar-refractivity contribution is 6.33. The number of para-hydroxylation sites is 1. The van der Waals surface area contributed by atoms with Gasteiger partial charge in [-0.05, 0) is 61.1 Å². The van der Waals surface area contributed by atoms with Gasteiger partial charge in [-0.15, -0.1) is 0 Å². The summed E-state index contributed by atoms with van der Waals surface area (Å²) < 4.78 is 10.9. The van der Waals surface area contributed by atoms with E-state index in [1.807, 2.05) is 6.07 Å². The third-order valence-electron chi connectivity index (χ3n) is 6.43. The van der Waals surface area contributed by atoms with Crippen molar-refractivity contribution in [2.75, 3.05) is 45.1 Å². The van der Waals surface area contributed by atoms with Crippen LogP contribution in [0.4, 0.5) is 23.1 Å². The Labute approximate surface area is 222 Å². The summed E-state index contributed by atoms with van der Waals surface area (Å²) in [6.45, 7) is 1.56. The van der Waals surface area contributed by atoms with Gasteiger partial charge in [0, 0.05) is 26.7 Å². The molecule has 0 saturated carbocycles. The first-order valence-electron chi connectivity index (χ1n) is 12.3. The summed E-state index contributed by atoms with van der Waals surface area (Å²) in [5, 5.41) is 13.0. The molecule has 0 spiro atoms. The fraction of sp³-hybridized carbons (Fsp3) is 0.370. The van der Waals surface area contributed by atoms with Crippen LogP contribution in [-0.4, -0.2) is 56.3 Å². The van der Waals surface area contributed by atoms with Crippen molar-refractivity contribution in [3.63, 3.8) is 0 Å². The molecule has 1 heterocycles. The zero-order valence-electron chi connectivity index (χ0n) is 21.4. The van der Waals surface area contributed by atoms with Gasteiger partial charge in [0.2, 0.25) is 5.95 Å². The minimum absolute atomic E-state index is 0.211. The molecular formula is C27H33ClN6O3. The third kappa shape index (κ3) is 6.68. The topological polar surface area (TPSA) is 109 Å². The summed E-state index contributed by atoms with van der Waals surface area (Å²) in [7, 11) is 4.97. The maximum atomic E-state index is 12.3. The normalized spacial score (nSPS) is 14.9. The lowest BCUT2D eigenvalue weighted by molar-refractivity contribution is 0.0964. The summed E-state index contributed by atoms with van der Waals surface area (Å²) in [6.07, 6.45) is 5.59. The second-order valence-electron chi connectivity index (χ2n) is 8.81. The van der Waals surface area contributed by atoms with Crippen LogP contribution in [0.15, 0.2) is 42.6 Å². The number of anilines is 4. The lowest BCUT2D eigenvalue weighted by Gasteiger charge is -2.16. The monoisotopic (exact) mass is 524 g/mol. The van der Waals surface area contributed by atoms with Crippen LogP contribution in [0.2, 0.25) is 5.02 Å². The fourth-order valence-corrected chi connectivity index (χ4v) is 4.60. The molecule has 0 radical (unpaired) electrons. The molecule has 37 heavy (non-hydrogen) atoms. The van der Waals surface area contributed by atoms with E-state index in [9.17, 15) is 4.79 Å². The maximum Gasteiger partial charge on any atom is 0.253 e. The number of hydrogen-bond donors (Lipinski definition) is 4. The van der Waals surface area contributed by atoms with Gasteiger partial charge < -0.3 is 30.7 Å². The van der Waals surface area contributed by atoms with Crippen LogP contribution in [0, 0.1) is 0 Å². The van der Waals surface area contributed by atoms with E-state index in [-0.39, 0.29) is 5.91 Å². The number of ether oxygens (including phenoxy) is 2. The number of aromatic nitrogens is 2. The number of aryl methyl sites for hydroxylation is 2. The Balaban J connectivity index is 1.54. The molecule has 1 amide bonds. The van der Waals surface area contributed by atoms with Gasteiger partial charge in [0.15, 0.2) is 5.82 Å². The van der Waals surface area contributed by atoms with Crippen LogP contribution >= 0.6 is 11.6 Å². The molecule has 3 aromatic rings. The van der Waals surface area contributed by atoms with Gasteiger partial charge in [-0.1, -0.05) is 23.7 Å². The number of halogens is 1. The number of rotatable bonds is 10. The van der Waals surface area contributed by atoms with Gasteiger partial charge in [-0.3, -0.25) is 4.79 Å². The van der Waals surface area contributed by atoms with Gasteiger partial charge in [0.1, 0.15) is 10.8 Å². The van der Waals surface area contributed by atoms with E-state index in [1.165, 1.54) is 17.3 Å². The average Bonchev–Trinajstić information content (AvgIpc) is 3.12.